The normalized spacial score (nSPS) is 14.9. The molecule has 0 saturated carbocycles. The molecule has 3 aromatic carbocycles. The minimum atomic E-state index is 0.106. The molecule has 102 heavy (non-hydrogen) atoms. The number of likely N-dealkylation sites (tertiary alicyclic amines) is 3. The van der Waals surface area contributed by atoms with Gasteiger partial charge in [0.1, 0.15) is 52.3 Å². The number of piperidine rings is 1. The minimum absolute atomic E-state index is 0.106. The predicted molar refractivity (Wildman–Crippen MR) is 420 cm³/mol. The highest BCUT2D eigenvalue weighted by atomic mass is 32.2. The number of thioether (sulfide) groups is 3. The second-order valence-electron chi connectivity index (χ2n) is 25.3. The lowest BCUT2D eigenvalue weighted by Gasteiger charge is -2.30. The zero-order chi connectivity index (χ0) is 72.2. The number of nitrogens with zero attached hydrogens (tertiary/aromatic N) is 12. The molecule has 0 radical (unpaired) electrons. The maximum Gasteiger partial charge on any atom is 0.190 e. The van der Waals surface area contributed by atoms with Gasteiger partial charge in [-0.05, 0) is 187 Å². The summed E-state index contributed by atoms with van der Waals surface area (Å²) >= 11 is 9.95. The van der Waals surface area contributed by atoms with E-state index >= 15 is 0 Å². The maximum atomic E-state index is 6.18. The molecule has 9 heterocycles. The summed E-state index contributed by atoms with van der Waals surface area (Å²) in [5, 5.41) is 5.31. The fraction of sp³-hybridized carbons (Fsp3) is 0.480. The fourth-order valence-electron chi connectivity index (χ4n) is 12.1. The molecule has 3 saturated heterocycles. The van der Waals surface area contributed by atoms with Crippen LogP contribution in [0.4, 0.5) is 17.5 Å². The summed E-state index contributed by atoms with van der Waals surface area (Å²) in [5.74, 6) is 6.01. The van der Waals surface area contributed by atoms with E-state index in [0.29, 0.717) is 52.7 Å². The lowest BCUT2D eigenvalue weighted by atomic mass is 10.1. The summed E-state index contributed by atoms with van der Waals surface area (Å²) in [6, 6.07) is 23.5. The van der Waals surface area contributed by atoms with E-state index < -0.39 is 0 Å². The molecule has 0 spiro atoms. The number of methoxy groups -OCH3 is 3. The molecule has 3 fully saturated rings. The van der Waals surface area contributed by atoms with Gasteiger partial charge in [0.15, 0.2) is 50.0 Å². The molecule has 0 aliphatic carbocycles. The number of hydrogen-bond donors (Lipinski definition) is 3. The first-order valence-electron chi connectivity index (χ1n) is 35.3. The van der Waals surface area contributed by atoms with Gasteiger partial charge in [-0.25, -0.2) is 44.9 Å². The number of rotatable bonds is 30. The van der Waals surface area contributed by atoms with Gasteiger partial charge in [0.25, 0.3) is 0 Å². The van der Waals surface area contributed by atoms with Gasteiger partial charge in [0, 0.05) is 86.2 Å². The molecule has 0 amide bonds. The average Bonchev–Trinajstić information content (AvgIpc) is 1.71. The number of nitrogen functional groups attached to an aromatic ring is 3. The third-order valence-electron chi connectivity index (χ3n) is 17.5. The number of ether oxygens (including phenoxy) is 6. The molecule has 546 valence electrons. The van der Waals surface area contributed by atoms with Gasteiger partial charge in [-0.15, -0.1) is 34.0 Å². The number of aromatic nitrogens is 9. The van der Waals surface area contributed by atoms with E-state index in [9.17, 15) is 0 Å². The summed E-state index contributed by atoms with van der Waals surface area (Å²) in [6.45, 7) is 30.5. The molecule has 21 nitrogen and oxygen atoms in total. The van der Waals surface area contributed by atoms with Crippen molar-refractivity contribution in [1.82, 2.24) is 59.6 Å². The van der Waals surface area contributed by atoms with Gasteiger partial charge < -0.3 is 45.6 Å². The fourth-order valence-corrected chi connectivity index (χ4v) is 18.5. The van der Waals surface area contributed by atoms with E-state index in [2.05, 4.69) is 104 Å². The second kappa shape index (κ2) is 38.1. The van der Waals surface area contributed by atoms with E-state index in [-0.39, 0.29) is 15.7 Å². The Morgan fingerprint density at radius 1 is 0.382 bits per heavy atom. The first-order valence-corrected chi connectivity index (χ1v) is 40.4. The smallest absolute Gasteiger partial charge is 0.190 e. The Balaban J connectivity index is 0.000000165. The molecule has 6 N–H and O–H groups in total. The van der Waals surface area contributed by atoms with Crippen molar-refractivity contribution in [2.24, 2.45) is 0 Å². The second-order valence-corrected chi connectivity index (χ2v) is 32.4. The Kier molecular flexibility index (Phi) is 28.9. The van der Waals surface area contributed by atoms with Gasteiger partial charge in [-0.3, -0.25) is 14.7 Å². The van der Waals surface area contributed by atoms with Gasteiger partial charge in [0.05, 0.1) is 54.2 Å². The summed E-state index contributed by atoms with van der Waals surface area (Å²) in [4.78, 5) is 52.9. The van der Waals surface area contributed by atoms with Gasteiger partial charge in [-0.1, -0.05) is 62.5 Å². The van der Waals surface area contributed by atoms with Crippen molar-refractivity contribution in [1.29, 1.82) is 0 Å². The van der Waals surface area contributed by atoms with Crippen LogP contribution < -0.4 is 45.6 Å². The average molecular weight is 1500 g/mol. The number of hydrogen-bond acceptors (Lipinski definition) is 27. The van der Waals surface area contributed by atoms with Crippen LogP contribution in [0.5, 0.6) is 34.5 Å². The maximum absolute atomic E-state index is 6.18. The molecule has 12 rings (SSSR count). The lowest BCUT2D eigenvalue weighted by molar-refractivity contribution is 0.145. The van der Waals surface area contributed by atoms with Gasteiger partial charge in [0.2, 0.25) is 0 Å². The molecule has 3 atom stereocenters. The van der Waals surface area contributed by atoms with Gasteiger partial charge >= 0.3 is 0 Å². The number of benzene rings is 3. The Labute approximate surface area is 626 Å². The van der Waals surface area contributed by atoms with Crippen LogP contribution in [0.15, 0.2) is 88.3 Å². The van der Waals surface area contributed by atoms with Gasteiger partial charge in [-0.2, -0.15) is 0 Å². The van der Waals surface area contributed by atoms with Crippen LogP contribution in [0, 0.1) is 20.8 Å². The van der Waals surface area contributed by atoms with E-state index in [4.69, 9.17) is 60.6 Å². The molecular weight excluding hydrogens is 1400 g/mol. The molecule has 9 aromatic rings. The van der Waals surface area contributed by atoms with Crippen LogP contribution in [0.25, 0.3) is 31.7 Å². The van der Waals surface area contributed by atoms with Crippen LogP contribution in [-0.4, -0.2) is 160 Å². The largest absolute Gasteiger partial charge is 0.493 e. The zero-order valence-corrected chi connectivity index (χ0v) is 65.9. The van der Waals surface area contributed by atoms with Crippen LogP contribution in [0.3, 0.4) is 0 Å². The first-order chi connectivity index (χ1) is 49.4. The summed E-state index contributed by atoms with van der Waals surface area (Å²) in [5.41, 5.74) is 26.7. The van der Waals surface area contributed by atoms with Crippen LogP contribution in [0.2, 0.25) is 0 Å². The molecule has 3 aliphatic heterocycles. The van der Waals surface area contributed by atoms with E-state index in [1.54, 1.807) is 109 Å². The van der Waals surface area contributed by atoms with Crippen LogP contribution in [0.1, 0.15) is 145 Å². The number of nitrogens with two attached hydrogens (primary N) is 3. The van der Waals surface area contributed by atoms with Crippen molar-refractivity contribution in [2.45, 2.75) is 151 Å². The Bertz CT molecular complexity index is 4120. The van der Waals surface area contributed by atoms with Crippen molar-refractivity contribution >= 4 is 86.7 Å². The van der Waals surface area contributed by atoms with Crippen molar-refractivity contribution < 1.29 is 28.4 Å². The van der Waals surface area contributed by atoms with Crippen molar-refractivity contribution in [3.05, 3.63) is 122 Å². The van der Waals surface area contributed by atoms with Crippen LogP contribution >= 0.6 is 69.3 Å². The predicted octanol–water partition coefficient (Wildman–Crippen LogP) is 16.2. The molecule has 6 aromatic heterocycles. The third-order valence-corrected chi connectivity index (χ3v) is 24.2. The van der Waals surface area contributed by atoms with E-state index in [1.165, 1.54) is 92.4 Å². The monoisotopic (exact) mass is 1500 g/mol. The highest BCUT2D eigenvalue weighted by Crippen LogP contribution is 2.45. The number of thiazole rings is 3. The van der Waals surface area contributed by atoms with Crippen molar-refractivity contribution in [2.75, 3.05) is 117 Å². The molecular formula is C75H99N15O6S6. The standard InChI is InChI=1S/C26H35N5O2S2.C25H33N5O2S2.C24H31N5O2S2/c1-5-22-24(18(3)34-26-28-17(2)15-23(27)29-26)30-25(35-22)19-9-10-20(32-4)21(16-19)33-14-13-31-11-7-6-8-12-31;1-5-21-23(17(3)33-25-27-16(2)14-22(26)28-25)29-24(34-21)18-8-9-19(31-4)20(15-18)32-13-12-30-10-6-7-11-30;1-5-20-22(16(3)32-24-26-15(2)13-21(25)27-24)28-23(33-20)17-7-8-18(30-4)19(14-17)31-12-11-29-9-6-10-29/h9-10,15-16,18H,5-8,11-14H2,1-4H3,(H2,27,28,29);8-9,14-15,17H,5-7,10-13H2,1-4H3,(H2,26,27,28);7-8,13-14,16H,5-6,9-12H2,1-4H3,(H2,25,26,27). The Morgan fingerprint density at radius 2 is 0.667 bits per heavy atom. The number of anilines is 3. The SMILES string of the molecule is CCc1sc(-c2ccc(OC)c(OCCN3CCC3)c2)nc1C(C)Sc1nc(C)cc(N)n1.CCc1sc(-c2ccc(OC)c(OCCN3CCCC3)c2)nc1C(C)Sc1nc(C)cc(N)n1.CCc1sc(-c2ccc(OC)c(OCCN3CCCCC3)c2)nc1C(C)Sc1nc(C)cc(N)n1. The lowest BCUT2D eigenvalue weighted by Crippen LogP contribution is -2.39. The van der Waals surface area contributed by atoms with Crippen molar-refractivity contribution in [3.63, 3.8) is 0 Å². The molecule has 0 bridgehead atoms. The zero-order valence-electron chi connectivity index (χ0n) is 61.0. The summed E-state index contributed by atoms with van der Waals surface area (Å²) in [7, 11) is 5.03. The Morgan fingerprint density at radius 3 is 0.922 bits per heavy atom. The highest BCUT2D eigenvalue weighted by Gasteiger charge is 2.26. The molecule has 3 aliphatic rings. The quantitative estimate of drug-likeness (QED) is 0.0279. The topological polar surface area (TPSA) is 259 Å². The number of aryl methyl sites for hydroxylation is 6. The summed E-state index contributed by atoms with van der Waals surface area (Å²) in [6.07, 6.45) is 10.5. The van der Waals surface area contributed by atoms with E-state index in [0.717, 1.165) is 139 Å². The van der Waals surface area contributed by atoms with E-state index in [1.807, 2.05) is 57.2 Å². The highest BCUT2D eigenvalue weighted by molar-refractivity contribution is 7.99. The molecule has 3 unspecified atom stereocenters. The van der Waals surface area contributed by atoms with Crippen LogP contribution in [-0.2, 0) is 19.3 Å². The van der Waals surface area contributed by atoms with Crippen molar-refractivity contribution in [3.8, 4) is 66.2 Å². The summed E-state index contributed by atoms with van der Waals surface area (Å²) < 4.78 is 35.1. The third kappa shape index (κ3) is 21.5. The minimum Gasteiger partial charge on any atom is -0.493 e. The Hall–Kier alpha value is -7.08. The molecule has 27 heteroatoms. The first kappa shape index (κ1) is 77.5.